The summed E-state index contributed by atoms with van der Waals surface area (Å²) in [6, 6.07) is 15.4. The van der Waals surface area contributed by atoms with Crippen molar-refractivity contribution < 1.29 is 14.7 Å². The first-order chi connectivity index (χ1) is 14.3. The molecular formula is C21H21N5O3S. The second-order valence-electron chi connectivity index (χ2n) is 6.58. The number of amides is 1. The lowest BCUT2D eigenvalue weighted by Gasteiger charge is -2.17. The number of hydrogen-bond donors (Lipinski definition) is 5. The number of aromatic nitrogens is 1. The van der Waals surface area contributed by atoms with E-state index in [2.05, 4.69) is 15.6 Å². The molecule has 0 saturated carbocycles. The van der Waals surface area contributed by atoms with Crippen LogP contribution >= 0.6 is 11.3 Å². The second-order valence-corrected chi connectivity index (χ2v) is 7.58. The number of hydrogen-bond acceptors (Lipinski definition) is 5. The second kappa shape index (κ2) is 9.19. The van der Waals surface area contributed by atoms with Crippen molar-refractivity contribution in [2.24, 2.45) is 5.73 Å². The van der Waals surface area contributed by atoms with Crippen LogP contribution in [0.2, 0.25) is 0 Å². The molecule has 1 amide bonds. The number of thiazole rings is 1. The molecule has 0 aliphatic heterocycles. The molecule has 1 unspecified atom stereocenters. The van der Waals surface area contributed by atoms with Crippen LogP contribution < -0.4 is 16.4 Å². The van der Waals surface area contributed by atoms with Crippen molar-refractivity contribution in [2.45, 2.75) is 19.4 Å². The molecule has 1 heterocycles. The molecule has 30 heavy (non-hydrogen) atoms. The van der Waals surface area contributed by atoms with Gasteiger partial charge in [-0.1, -0.05) is 53.8 Å². The number of rotatable bonds is 7. The van der Waals surface area contributed by atoms with Crippen molar-refractivity contribution in [3.05, 3.63) is 71.4 Å². The molecule has 0 aliphatic carbocycles. The summed E-state index contributed by atoms with van der Waals surface area (Å²) in [5.41, 5.74) is 8.16. The highest BCUT2D eigenvalue weighted by Gasteiger charge is 2.19. The van der Waals surface area contributed by atoms with Gasteiger partial charge in [-0.2, -0.15) is 0 Å². The highest BCUT2D eigenvalue weighted by atomic mass is 32.1. The molecule has 1 atom stereocenters. The fraction of sp³-hybridized carbons (Fsp3) is 0.143. The van der Waals surface area contributed by atoms with Gasteiger partial charge in [-0.15, -0.1) is 0 Å². The Morgan fingerprint density at radius 2 is 1.83 bits per heavy atom. The number of guanidine groups is 1. The van der Waals surface area contributed by atoms with Gasteiger partial charge in [0.15, 0.2) is 11.1 Å². The maximum Gasteiger partial charge on any atom is 0.305 e. The standard InChI is InChI=1S/C21H21N5O3S/c1-12-18(30-21(24-12)26-20(22)23)14-7-9-15(10-8-14)19(29)25-16(11-17(27)28)13-5-3-2-4-6-13/h2-10,16H,11H2,1H3,(H,25,29)(H,27,28)(H4,22,23,24,26). The number of aryl methyl sites for hydroxylation is 1. The van der Waals surface area contributed by atoms with Gasteiger partial charge >= 0.3 is 5.97 Å². The van der Waals surface area contributed by atoms with Gasteiger partial charge in [0.25, 0.3) is 5.91 Å². The molecule has 9 heteroatoms. The molecule has 1 aromatic heterocycles. The summed E-state index contributed by atoms with van der Waals surface area (Å²) in [6.45, 7) is 1.86. The molecule has 0 spiro atoms. The summed E-state index contributed by atoms with van der Waals surface area (Å²) >= 11 is 1.36. The number of carbonyl (C=O) groups is 2. The summed E-state index contributed by atoms with van der Waals surface area (Å²) in [7, 11) is 0. The average Bonchev–Trinajstić information content (AvgIpc) is 3.07. The normalized spacial score (nSPS) is 11.5. The molecule has 154 valence electrons. The Labute approximate surface area is 177 Å². The van der Waals surface area contributed by atoms with Gasteiger partial charge < -0.3 is 21.5 Å². The minimum absolute atomic E-state index is 0.184. The molecule has 2 aromatic carbocycles. The fourth-order valence-corrected chi connectivity index (χ4v) is 3.94. The summed E-state index contributed by atoms with van der Waals surface area (Å²) in [5.74, 6) is -1.52. The van der Waals surface area contributed by atoms with E-state index >= 15 is 0 Å². The molecule has 8 nitrogen and oxygen atoms in total. The van der Waals surface area contributed by atoms with E-state index in [1.165, 1.54) is 11.3 Å². The van der Waals surface area contributed by atoms with Crippen LogP contribution in [0, 0.1) is 12.3 Å². The van der Waals surface area contributed by atoms with Gasteiger partial charge in [0.2, 0.25) is 0 Å². The molecule has 0 saturated heterocycles. The van der Waals surface area contributed by atoms with Gasteiger partial charge in [-0.05, 0) is 30.2 Å². The lowest BCUT2D eigenvalue weighted by atomic mass is 10.0. The predicted octanol–water partition coefficient (Wildman–Crippen LogP) is 3.37. The van der Waals surface area contributed by atoms with Crippen LogP contribution in [0.25, 0.3) is 10.4 Å². The number of carboxylic acids is 1. The van der Waals surface area contributed by atoms with Crippen molar-refractivity contribution >= 4 is 34.3 Å². The third kappa shape index (κ3) is 5.21. The minimum atomic E-state index is -0.991. The Hall–Kier alpha value is -3.72. The molecule has 0 radical (unpaired) electrons. The van der Waals surface area contributed by atoms with E-state index in [0.717, 1.165) is 21.7 Å². The van der Waals surface area contributed by atoms with E-state index in [1.807, 2.05) is 25.1 Å². The first-order valence-electron chi connectivity index (χ1n) is 9.10. The van der Waals surface area contributed by atoms with Crippen LogP contribution in [0.1, 0.15) is 34.1 Å². The number of carboxylic acid groups (broad SMARTS) is 1. The lowest BCUT2D eigenvalue weighted by Crippen LogP contribution is -2.30. The lowest BCUT2D eigenvalue weighted by molar-refractivity contribution is -0.137. The fourth-order valence-electron chi connectivity index (χ4n) is 2.96. The SMILES string of the molecule is Cc1nc(NC(=N)N)sc1-c1ccc(C(=O)NC(CC(=O)O)c2ccccc2)cc1. The zero-order valence-electron chi connectivity index (χ0n) is 16.2. The van der Waals surface area contributed by atoms with Crippen LogP contribution in [-0.4, -0.2) is 27.9 Å². The van der Waals surface area contributed by atoms with Crippen molar-refractivity contribution in [2.75, 3.05) is 5.32 Å². The molecule has 0 fully saturated rings. The van der Waals surface area contributed by atoms with E-state index in [1.54, 1.807) is 36.4 Å². The average molecular weight is 423 g/mol. The van der Waals surface area contributed by atoms with Crippen molar-refractivity contribution in [3.63, 3.8) is 0 Å². The topological polar surface area (TPSA) is 141 Å². The Morgan fingerprint density at radius 1 is 1.17 bits per heavy atom. The third-order valence-corrected chi connectivity index (χ3v) is 5.46. The van der Waals surface area contributed by atoms with E-state index in [-0.39, 0.29) is 18.3 Å². The van der Waals surface area contributed by atoms with Crippen LogP contribution in [-0.2, 0) is 4.79 Å². The van der Waals surface area contributed by atoms with Crippen LogP contribution in [0.3, 0.4) is 0 Å². The summed E-state index contributed by atoms with van der Waals surface area (Å²) < 4.78 is 0. The quantitative estimate of drug-likeness (QED) is 0.291. The Bertz CT molecular complexity index is 1060. The largest absolute Gasteiger partial charge is 0.481 e. The predicted molar refractivity (Wildman–Crippen MR) is 117 cm³/mol. The van der Waals surface area contributed by atoms with E-state index in [4.69, 9.17) is 11.1 Å². The van der Waals surface area contributed by atoms with E-state index < -0.39 is 12.0 Å². The van der Waals surface area contributed by atoms with Crippen LogP contribution in [0.4, 0.5) is 5.13 Å². The third-order valence-electron chi connectivity index (χ3n) is 4.33. The monoisotopic (exact) mass is 423 g/mol. The number of carbonyl (C=O) groups excluding carboxylic acids is 1. The number of nitrogens with zero attached hydrogens (tertiary/aromatic N) is 1. The molecule has 0 bridgehead atoms. The maximum absolute atomic E-state index is 12.7. The smallest absolute Gasteiger partial charge is 0.305 e. The molecule has 6 N–H and O–H groups in total. The zero-order valence-corrected chi connectivity index (χ0v) is 17.0. The number of aliphatic carboxylic acids is 1. The number of nitrogens with one attached hydrogen (secondary N) is 3. The highest BCUT2D eigenvalue weighted by Crippen LogP contribution is 2.32. The molecule has 0 aliphatic rings. The van der Waals surface area contributed by atoms with Gasteiger partial charge in [0.05, 0.1) is 23.0 Å². The number of anilines is 1. The van der Waals surface area contributed by atoms with Crippen molar-refractivity contribution in [1.82, 2.24) is 10.3 Å². The van der Waals surface area contributed by atoms with Gasteiger partial charge in [-0.25, -0.2) is 4.98 Å². The van der Waals surface area contributed by atoms with Crippen LogP contribution in [0.15, 0.2) is 54.6 Å². The van der Waals surface area contributed by atoms with E-state index in [9.17, 15) is 14.7 Å². The zero-order chi connectivity index (χ0) is 21.7. The maximum atomic E-state index is 12.7. The Kier molecular flexibility index (Phi) is 6.43. The van der Waals surface area contributed by atoms with E-state index in [0.29, 0.717) is 10.7 Å². The highest BCUT2D eigenvalue weighted by molar-refractivity contribution is 7.19. The molecule has 3 aromatic rings. The Balaban J connectivity index is 1.76. The summed E-state index contributed by atoms with van der Waals surface area (Å²) in [6.07, 6.45) is -0.209. The Morgan fingerprint density at radius 3 is 2.43 bits per heavy atom. The summed E-state index contributed by atoms with van der Waals surface area (Å²) in [4.78, 5) is 29.1. The minimum Gasteiger partial charge on any atom is -0.481 e. The van der Waals surface area contributed by atoms with Gasteiger partial charge in [0.1, 0.15) is 0 Å². The summed E-state index contributed by atoms with van der Waals surface area (Å²) in [5, 5.41) is 22.5. The molecular weight excluding hydrogens is 402 g/mol. The van der Waals surface area contributed by atoms with Crippen molar-refractivity contribution in [3.8, 4) is 10.4 Å². The molecule has 3 rings (SSSR count). The number of nitrogens with two attached hydrogens (primary N) is 1. The van der Waals surface area contributed by atoms with Gasteiger partial charge in [-0.3, -0.25) is 15.0 Å². The first kappa shape index (κ1) is 21.0. The number of benzene rings is 2. The van der Waals surface area contributed by atoms with Crippen LogP contribution in [0.5, 0.6) is 0 Å². The van der Waals surface area contributed by atoms with Crippen molar-refractivity contribution in [1.29, 1.82) is 5.41 Å². The van der Waals surface area contributed by atoms with Gasteiger partial charge in [0, 0.05) is 5.56 Å². The first-order valence-corrected chi connectivity index (χ1v) is 9.91.